The number of benzene rings is 2. The largest absolute Gasteiger partial charge is 0.497 e. The Labute approximate surface area is 262 Å². The van der Waals surface area contributed by atoms with Crippen LogP contribution in [0.4, 0.5) is 5.82 Å². The molecule has 2 fully saturated rings. The Balaban J connectivity index is 0.00000196. The summed E-state index contributed by atoms with van der Waals surface area (Å²) in [5, 5.41) is 14.7. The predicted molar refractivity (Wildman–Crippen MR) is 173 cm³/mol. The van der Waals surface area contributed by atoms with Gasteiger partial charge in [0, 0.05) is 50.1 Å². The standard InChI is InChI=1S/C30H41N5O3.3ClH/c1-34-15-4-5-24(14-16-34)38-25-8-6-22(7-9-25)20-35-17-12-23(13-18-35)31-30-28-19-26(37-3)10-11-27(28)29(21-36-2)32-33-30;;;/h6-11,19,23-24H,4-5,12-18,20-21H2,1-3H3,(H,31,33);3*1H. The van der Waals surface area contributed by atoms with Crippen molar-refractivity contribution in [2.24, 2.45) is 0 Å². The van der Waals surface area contributed by atoms with Gasteiger partial charge < -0.3 is 24.4 Å². The second-order valence-electron chi connectivity index (χ2n) is 10.7. The van der Waals surface area contributed by atoms with Gasteiger partial charge in [0.2, 0.25) is 0 Å². The molecule has 5 rings (SSSR count). The molecule has 3 heterocycles. The van der Waals surface area contributed by atoms with Crippen LogP contribution < -0.4 is 14.8 Å². The van der Waals surface area contributed by atoms with Gasteiger partial charge in [0.15, 0.2) is 5.82 Å². The molecule has 0 bridgehead atoms. The Bertz CT molecular complexity index is 1200. The molecule has 0 amide bonds. The molecule has 0 saturated carbocycles. The van der Waals surface area contributed by atoms with Gasteiger partial charge in [-0.2, -0.15) is 5.10 Å². The number of nitrogens with zero attached hydrogens (tertiary/aromatic N) is 4. The van der Waals surface area contributed by atoms with Crippen LogP contribution in [0.25, 0.3) is 10.8 Å². The van der Waals surface area contributed by atoms with Crippen LogP contribution in [0.5, 0.6) is 11.5 Å². The lowest BCUT2D eigenvalue weighted by Crippen LogP contribution is -2.38. The molecule has 41 heavy (non-hydrogen) atoms. The number of anilines is 1. The third-order valence-electron chi connectivity index (χ3n) is 7.80. The van der Waals surface area contributed by atoms with Gasteiger partial charge in [-0.3, -0.25) is 4.90 Å². The van der Waals surface area contributed by atoms with E-state index < -0.39 is 0 Å². The van der Waals surface area contributed by atoms with Crippen LogP contribution in [0, 0.1) is 0 Å². The monoisotopic (exact) mass is 627 g/mol. The molecule has 3 aromatic rings. The number of fused-ring (bicyclic) bond motifs is 1. The van der Waals surface area contributed by atoms with E-state index in [1.165, 1.54) is 18.5 Å². The summed E-state index contributed by atoms with van der Waals surface area (Å²) in [6.07, 6.45) is 5.90. The van der Waals surface area contributed by atoms with Crippen molar-refractivity contribution in [1.29, 1.82) is 0 Å². The lowest BCUT2D eigenvalue weighted by Gasteiger charge is -2.32. The Morgan fingerprint density at radius 3 is 2.27 bits per heavy atom. The van der Waals surface area contributed by atoms with Crippen LogP contribution in [0.2, 0.25) is 0 Å². The maximum Gasteiger partial charge on any atom is 0.156 e. The zero-order valence-electron chi connectivity index (χ0n) is 24.2. The third-order valence-corrected chi connectivity index (χ3v) is 7.80. The number of ether oxygens (including phenoxy) is 3. The van der Waals surface area contributed by atoms with Gasteiger partial charge in [-0.05, 0) is 81.6 Å². The molecule has 1 unspecified atom stereocenters. The molecular weight excluding hydrogens is 585 g/mol. The number of likely N-dealkylation sites (tertiary alicyclic amines) is 2. The van der Waals surface area contributed by atoms with Crippen LogP contribution in [-0.2, 0) is 17.9 Å². The minimum atomic E-state index is 0. The average molecular weight is 629 g/mol. The first-order valence-corrected chi connectivity index (χ1v) is 13.9. The van der Waals surface area contributed by atoms with Crippen molar-refractivity contribution < 1.29 is 14.2 Å². The van der Waals surface area contributed by atoms with Crippen molar-refractivity contribution in [3.63, 3.8) is 0 Å². The van der Waals surface area contributed by atoms with E-state index in [9.17, 15) is 0 Å². The van der Waals surface area contributed by atoms with Gasteiger partial charge >= 0.3 is 0 Å². The maximum absolute atomic E-state index is 6.29. The molecule has 2 aliphatic heterocycles. The van der Waals surface area contributed by atoms with Gasteiger partial charge in [0.05, 0.1) is 25.5 Å². The molecule has 0 aliphatic carbocycles. The van der Waals surface area contributed by atoms with E-state index in [2.05, 4.69) is 56.6 Å². The van der Waals surface area contributed by atoms with E-state index in [-0.39, 0.29) is 37.2 Å². The number of aromatic nitrogens is 2. The van der Waals surface area contributed by atoms with Crippen LogP contribution >= 0.6 is 37.2 Å². The molecule has 228 valence electrons. The highest BCUT2D eigenvalue weighted by molar-refractivity contribution is 5.94. The van der Waals surface area contributed by atoms with E-state index in [0.29, 0.717) is 18.8 Å². The summed E-state index contributed by atoms with van der Waals surface area (Å²) in [5.74, 6) is 2.62. The third kappa shape index (κ3) is 9.46. The summed E-state index contributed by atoms with van der Waals surface area (Å²) in [6, 6.07) is 15.1. The number of halogens is 3. The highest BCUT2D eigenvalue weighted by atomic mass is 35.5. The van der Waals surface area contributed by atoms with Crippen molar-refractivity contribution in [3.05, 3.63) is 53.7 Å². The molecule has 1 atom stereocenters. The van der Waals surface area contributed by atoms with Gasteiger partial charge in [-0.15, -0.1) is 42.3 Å². The number of piperidine rings is 1. The molecule has 0 spiro atoms. The number of hydrogen-bond acceptors (Lipinski definition) is 8. The SMILES string of the molecule is COCc1nnc(NC2CCN(Cc3ccc(OC4CCCN(C)CC4)cc3)CC2)c2cc(OC)ccc12.Cl.Cl.Cl. The summed E-state index contributed by atoms with van der Waals surface area (Å²) >= 11 is 0. The molecule has 1 aromatic heterocycles. The van der Waals surface area contributed by atoms with Crippen LogP contribution in [0.1, 0.15) is 43.4 Å². The first-order chi connectivity index (χ1) is 18.6. The molecule has 1 N–H and O–H groups in total. The van der Waals surface area contributed by atoms with Crippen molar-refractivity contribution >= 4 is 53.8 Å². The fraction of sp³-hybridized carbons (Fsp3) is 0.533. The number of rotatable bonds is 9. The Hall–Kier alpha value is -2.07. The molecule has 0 radical (unpaired) electrons. The van der Waals surface area contributed by atoms with Crippen LogP contribution in [-0.4, -0.2) is 79.6 Å². The number of hydrogen-bond donors (Lipinski definition) is 1. The van der Waals surface area contributed by atoms with Crippen molar-refractivity contribution in [1.82, 2.24) is 20.0 Å². The first kappa shape index (κ1) is 35.1. The Morgan fingerprint density at radius 2 is 1.56 bits per heavy atom. The molecule has 2 aliphatic rings. The quantitative estimate of drug-likeness (QED) is 0.310. The van der Waals surface area contributed by atoms with Gasteiger partial charge in [0.25, 0.3) is 0 Å². The minimum Gasteiger partial charge on any atom is -0.497 e. The van der Waals surface area contributed by atoms with Crippen LogP contribution in [0.3, 0.4) is 0 Å². The second kappa shape index (κ2) is 17.1. The average Bonchev–Trinajstić information content (AvgIpc) is 3.15. The highest BCUT2D eigenvalue weighted by Crippen LogP contribution is 2.29. The van der Waals surface area contributed by atoms with E-state index in [1.54, 1.807) is 14.2 Å². The minimum absolute atomic E-state index is 0. The number of nitrogens with one attached hydrogen (secondary N) is 1. The summed E-state index contributed by atoms with van der Waals surface area (Å²) in [5.41, 5.74) is 2.17. The van der Waals surface area contributed by atoms with Crippen molar-refractivity contribution in [2.75, 3.05) is 52.8 Å². The summed E-state index contributed by atoms with van der Waals surface area (Å²) in [4.78, 5) is 4.93. The van der Waals surface area contributed by atoms with Gasteiger partial charge in [-0.1, -0.05) is 12.1 Å². The summed E-state index contributed by atoms with van der Waals surface area (Å²) in [7, 11) is 5.56. The van der Waals surface area contributed by atoms with Crippen LogP contribution in [0.15, 0.2) is 42.5 Å². The van der Waals surface area contributed by atoms with E-state index in [4.69, 9.17) is 14.2 Å². The maximum atomic E-state index is 6.29. The summed E-state index contributed by atoms with van der Waals surface area (Å²) < 4.78 is 17.1. The fourth-order valence-electron chi connectivity index (χ4n) is 5.55. The predicted octanol–water partition coefficient (Wildman–Crippen LogP) is 5.99. The highest BCUT2D eigenvalue weighted by Gasteiger charge is 2.21. The normalized spacial score (nSPS) is 18.4. The smallest absolute Gasteiger partial charge is 0.156 e. The molecule has 11 heteroatoms. The molecule has 8 nitrogen and oxygen atoms in total. The summed E-state index contributed by atoms with van der Waals surface area (Å²) in [6.45, 7) is 5.77. The number of methoxy groups -OCH3 is 2. The Morgan fingerprint density at radius 1 is 0.829 bits per heavy atom. The lowest BCUT2D eigenvalue weighted by atomic mass is 10.0. The van der Waals surface area contributed by atoms with E-state index in [0.717, 1.165) is 85.6 Å². The second-order valence-corrected chi connectivity index (χ2v) is 10.7. The Kier molecular flexibility index (Phi) is 14.7. The topological polar surface area (TPSA) is 72.0 Å². The molecule has 2 aromatic carbocycles. The lowest BCUT2D eigenvalue weighted by molar-refractivity contribution is 0.182. The molecular formula is C30H44Cl3N5O3. The van der Waals surface area contributed by atoms with Crippen molar-refractivity contribution in [3.8, 4) is 11.5 Å². The fourth-order valence-corrected chi connectivity index (χ4v) is 5.55. The zero-order chi connectivity index (χ0) is 26.3. The van der Waals surface area contributed by atoms with Crippen molar-refractivity contribution in [2.45, 2.75) is 57.4 Å². The van der Waals surface area contributed by atoms with E-state index in [1.807, 2.05) is 18.2 Å². The van der Waals surface area contributed by atoms with E-state index >= 15 is 0 Å². The van der Waals surface area contributed by atoms with Gasteiger partial charge in [-0.25, -0.2) is 0 Å². The first-order valence-electron chi connectivity index (χ1n) is 13.9. The van der Waals surface area contributed by atoms with Gasteiger partial charge in [0.1, 0.15) is 11.5 Å². The zero-order valence-corrected chi connectivity index (χ0v) is 26.7. The molecule has 2 saturated heterocycles.